The highest BCUT2D eigenvalue weighted by Gasteiger charge is 2.31. The maximum absolute atomic E-state index is 12.6. The van der Waals surface area contributed by atoms with Crippen molar-refractivity contribution in [3.05, 3.63) is 86.0 Å². The molecule has 0 radical (unpaired) electrons. The van der Waals surface area contributed by atoms with Crippen molar-refractivity contribution in [2.24, 2.45) is 0 Å². The molecule has 0 aromatic heterocycles. The maximum atomic E-state index is 12.6. The van der Waals surface area contributed by atoms with Crippen LogP contribution in [0, 0.1) is 0 Å². The van der Waals surface area contributed by atoms with Gasteiger partial charge in [-0.2, -0.15) is 0 Å². The summed E-state index contributed by atoms with van der Waals surface area (Å²) >= 11 is 0. The van der Waals surface area contributed by atoms with E-state index < -0.39 is 0 Å². The highest BCUT2D eigenvalue weighted by atomic mass is 15.2. The molecular weight excluding hydrogens is 713 g/mol. The Morgan fingerprint density at radius 1 is 0.339 bits per heavy atom. The van der Waals surface area contributed by atoms with Gasteiger partial charge in [-0.25, -0.2) is 4.70 Å². The maximum Gasteiger partial charge on any atom is 0.210 e. The lowest BCUT2D eigenvalue weighted by Crippen LogP contribution is -2.09. The van der Waals surface area contributed by atoms with Crippen LogP contribution in [0.25, 0.3) is 16.9 Å². The third-order valence-electron chi connectivity index (χ3n) is 13.3. The predicted octanol–water partition coefficient (Wildman–Crippen LogP) is 18.8. The number of benzene rings is 2. The van der Waals surface area contributed by atoms with Gasteiger partial charge in [0.05, 0.1) is 0 Å². The first-order chi connectivity index (χ1) is 29.0. The quantitative estimate of drug-likeness (QED) is 0.0484. The summed E-state index contributed by atoms with van der Waals surface area (Å²) in [5.74, 6) is 0. The lowest BCUT2D eigenvalue weighted by atomic mass is 9.87. The van der Waals surface area contributed by atoms with E-state index in [1.807, 2.05) is 0 Å². The minimum Gasteiger partial charge on any atom is -0.493 e. The van der Waals surface area contributed by atoms with Crippen molar-refractivity contribution in [1.29, 1.82) is 0 Å². The summed E-state index contributed by atoms with van der Waals surface area (Å²) in [5.41, 5.74) is 28.0. The molecule has 0 saturated carbocycles. The molecule has 1 aliphatic rings. The van der Waals surface area contributed by atoms with E-state index in [2.05, 4.69) is 78.8 Å². The summed E-state index contributed by atoms with van der Waals surface area (Å²) < 4.78 is 1.66. The van der Waals surface area contributed by atoms with Gasteiger partial charge in [0.15, 0.2) is 0 Å². The molecule has 0 spiro atoms. The number of hydrogen-bond acceptors (Lipinski definition) is 0. The Morgan fingerprint density at radius 2 is 0.627 bits per heavy atom. The fourth-order valence-corrected chi connectivity index (χ4v) is 9.66. The van der Waals surface area contributed by atoms with Crippen LogP contribution in [-0.2, 0) is 38.5 Å². The number of unbranched alkanes of at least 4 members (excludes halogenated alkanes) is 20. The van der Waals surface area contributed by atoms with Crippen LogP contribution in [0.5, 0.6) is 0 Å². The normalized spacial score (nSPS) is 13.0. The molecule has 2 aromatic carbocycles. The van der Waals surface area contributed by atoms with E-state index >= 15 is 0 Å². The van der Waals surface area contributed by atoms with Gasteiger partial charge in [0.1, 0.15) is 0 Å². The smallest absolute Gasteiger partial charge is 0.210 e. The van der Waals surface area contributed by atoms with Gasteiger partial charge < -0.3 is 5.53 Å². The Hall–Kier alpha value is -2.48. The molecule has 0 fully saturated rings. The minimum atomic E-state index is 1.00. The minimum absolute atomic E-state index is 1.00. The first-order valence-electron chi connectivity index (χ1n) is 26.2. The zero-order valence-corrected chi connectivity index (χ0v) is 40.3. The molecule has 0 unspecified atom stereocenters. The molecule has 332 valence electrons. The number of aryl methyl sites for hydroxylation is 4. The molecule has 0 N–H and O–H groups in total. The zero-order chi connectivity index (χ0) is 42.5. The lowest BCUT2D eigenvalue weighted by Gasteiger charge is -2.20. The van der Waals surface area contributed by atoms with Gasteiger partial charge in [0, 0.05) is 22.8 Å². The van der Waals surface area contributed by atoms with Gasteiger partial charge in [0.2, 0.25) is 11.4 Å². The highest BCUT2D eigenvalue weighted by molar-refractivity contribution is 5.79. The fourth-order valence-electron chi connectivity index (χ4n) is 9.66. The molecule has 1 aliphatic heterocycles. The number of rotatable bonds is 36. The molecule has 0 amide bonds. The van der Waals surface area contributed by atoms with E-state index in [0.717, 1.165) is 49.9 Å². The Bertz CT molecular complexity index is 1460. The number of allylic oxidation sites excluding steroid dienone is 2. The van der Waals surface area contributed by atoms with E-state index in [1.54, 1.807) is 38.1 Å². The molecule has 2 nitrogen and oxygen atoms in total. The highest BCUT2D eigenvalue weighted by Crippen LogP contribution is 2.41. The van der Waals surface area contributed by atoms with E-state index in [-0.39, 0.29) is 0 Å². The summed E-state index contributed by atoms with van der Waals surface area (Å²) in [6.07, 6.45) is 45.3. The van der Waals surface area contributed by atoms with E-state index in [1.165, 1.54) is 196 Å². The first-order valence-corrected chi connectivity index (χ1v) is 26.2. The van der Waals surface area contributed by atoms with Crippen LogP contribution in [0.2, 0.25) is 0 Å². The molecule has 2 aromatic rings. The lowest BCUT2D eigenvalue weighted by molar-refractivity contribution is -0.344. The van der Waals surface area contributed by atoms with Crippen molar-refractivity contribution >= 4 is 11.4 Å². The van der Waals surface area contributed by atoms with Crippen molar-refractivity contribution in [3.8, 4) is 0 Å². The van der Waals surface area contributed by atoms with Crippen molar-refractivity contribution < 1.29 is 4.70 Å². The van der Waals surface area contributed by atoms with Gasteiger partial charge in [-0.05, 0) is 148 Å². The third kappa shape index (κ3) is 17.8. The van der Waals surface area contributed by atoms with Crippen LogP contribution in [-0.4, -0.2) is 4.70 Å². The SMILES string of the molecule is CCCCCCCCc1c(CCCCC)cc(C2=CC(CCCCC)=C(c3cc(CCCCC)c(CCCCCCCC)c(CCCCC)c3)[N+]2=[N-])cc1CCCCC. The average Bonchev–Trinajstić information content (AvgIpc) is 3.57. The average molecular weight is 807 g/mol. The molecule has 0 aliphatic carbocycles. The molecule has 0 saturated heterocycles. The first kappa shape index (κ1) is 50.9. The van der Waals surface area contributed by atoms with Gasteiger partial charge in [0.25, 0.3) is 0 Å². The van der Waals surface area contributed by atoms with Gasteiger partial charge in [-0.1, -0.05) is 177 Å². The summed E-state index contributed by atoms with van der Waals surface area (Å²) in [6, 6.07) is 10.1. The Labute approximate surface area is 367 Å². The Balaban J connectivity index is 2.13. The predicted molar refractivity (Wildman–Crippen MR) is 263 cm³/mol. The second-order valence-electron chi connectivity index (χ2n) is 18.6. The number of nitrogens with zero attached hydrogens (tertiary/aromatic N) is 2. The molecule has 0 bridgehead atoms. The van der Waals surface area contributed by atoms with Crippen LogP contribution in [0.3, 0.4) is 0 Å². The molecule has 1 heterocycles. The van der Waals surface area contributed by atoms with Crippen molar-refractivity contribution in [2.75, 3.05) is 0 Å². The topological polar surface area (TPSA) is 25.3 Å². The summed E-state index contributed by atoms with van der Waals surface area (Å²) in [4.78, 5) is 0. The van der Waals surface area contributed by atoms with Crippen molar-refractivity contribution in [2.45, 2.75) is 267 Å². The largest absolute Gasteiger partial charge is 0.493 e. The Morgan fingerprint density at radius 3 is 1.00 bits per heavy atom. The summed E-state index contributed by atoms with van der Waals surface area (Å²) in [5, 5.41) is 0. The van der Waals surface area contributed by atoms with E-state index in [4.69, 9.17) is 0 Å². The standard InChI is InChI=1S/C57H94N2/c1-8-15-22-24-26-33-40-54-47(35-28-17-10-3)42-52(43-48(54)36-29-18-11-4)56-46-51(39-32-21-14-7)57(59(56)58)53-44-49(37-30-19-12-5)55(41-34-27-25-23-16-9-2)50(45-53)38-31-20-13-6/h42-46H,8-41H2,1-7H3. The zero-order valence-electron chi connectivity index (χ0n) is 40.3. The second-order valence-corrected chi connectivity index (χ2v) is 18.6. The van der Waals surface area contributed by atoms with Crippen molar-refractivity contribution in [1.82, 2.24) is 0 Å². The summed E-state index contributed by atoms with van der Waals surface area (Å²) in [6.45, 7) is 16.3. The summed E-state index contributed by atoms with van der Waals surface area (Å²) in [7, 11) is 0. The molecular formula is C57H94N2. The third-order valence-corrected chi connectivity index (χ3v) is 13.3. The second kappa shape index (κ2) is 31.4. The van der Waals surface area contributed by atoms with Gasteiger partial charge in [-0.3, -0.25) is 0 Å². The van der Waals surface area contributed by atoms with Crippen LogP contribution in [0.15, 0.2) is 35.9 Å². The van der Waals surface area contributed by atoms with E-state index in [9.17, 15) is 5.53 Å². The molecule has 59 heavy (non-hydrogen) atoms. The van der Waals surface area contributed by atoms with Gasteiger partial charge in [-0.15, -0.1) is 0 Å². The van der Waals surface area contributed by atoms with Crippen LogP contribution in [0.1, 0.15) is 273 Å². The van der Waals surface area contributed by atoms with Crippen LogP contribution >= 0.6 is 0 Å². The van der Waals surface area contributed by atoms with Gasteiger partial charge >= 0.3 is 0 Å². The van der Waals surface area contributed by atoms with Crippen molar-refractivity contribution in [3.63, 3.8) is 0 Å². The van der Waals surface area contributed by atoms with Crippen LogP contribution < -0.4 is 0 Å². The molecule has 2 heteroatoms. The fraction of sp³-hybridized carbons (Fsp3) is 0.719. The monoisotopic (exact) mass is 807 g/mol. The molecule has 3 rings (SSSR count). The number of hydrogen-bond donors (Lipinski definition) is 0. The van der Waals surface area contributed by atoms with Crippen LogP contribution in [0.4, 0.5) is 0 Å². The molecule has 0 atom stereocenters. The van der Waals surface area contributed by atoms with E-state index in [0.29, 0.717) is 0 Å². The Kier molecular flexibility index (Phi) is 27.1.